The van der Waals surface area contributed by atoms with Crippen molar-refractivity contribution in [1.82, 2.24) is 4.90 Å². The van der Waals surface area contributed by atoms with E-state index in [4.69, 9.17) is 4.74 Å². The van der Waals surface area contributed by atoms with E-state index < -0.39 is 5.82 Å². The van der Waals surface area contributed by atoms with E-state index in [1.165, 1.54) is 32.4 Å². The average Bonchev–Trinajstić information content (AvgIpc) is 2.44. The van der Waals surface area contributed by atoms with Gasteiger partial charge in [0.25, 0.3) is 0 Å². The van der Waals surface area contributed by atoms with Crippen LogP contribution in [0.3, 0.4) is 0 Å². The van der Waals surface area contributed by atoms with Crippen LogP contribution in [-0.4, -0.2) is 37.4 Å². The number of Topliss-reactive ketones (excluding diaryl/α,β-unsaturated/α-hetero) is 1. The van der Waals surface area contributed by atoms with E-state index in [1.54, 1.807) is 12.1 Å². The third-order valence-corrected chi connectivity index (χ3v) is 4.32. The van der Waals surface area contributed by atoms with Crippen LogP contribution in [0, 0.1) is 11.7 Å². The highest BCUT2D eigenvalue weighted by molar-refractivity contribution is 5.99. The minimum absolute atomic E-state index is 0.0831. The standard InChI is InChI=1S/C17H24FNO2/c1-3-19(12-13-6-4-7-13)11-10-15(20)17-14(18)8-5-9-16(17)21-2/h5,8-9,13H,3-4,6-7,10-12H2,1-2H3. The number of rotatable bonds is 8. The molecule has 3 nitrogen and oxygen atoms in total. The zero-order valence-corrected chi connectivity index (χ0v) is 12.9. The normalized spacial score (nSPS) is 15.0. The largest absolute Gasteiger partial charge is 0.496 e. The molecule has 1 aliphatic rings. The van der Waals surface area contributed by atoms with Crippen LogP contribution in [0.4, 0.5) is 4.39 Å². The Morgan fingerprint density at radius 3 is 2.76 bits per heavy atom. The number of methoxy groups -OCH3 is 1. The van der Waals surface area contributed by atoms with Gasteiger partial charge in [-0.3, -0.25) is 4.79 Å². The van der Waals surface area contributed by atoms with Gasteiger partial charge >= 0.3 is 0 Å². The van der Waals surface area contributed by atoms with E-state index in [2.05, 4.69) is 11.8 Å². The number of ether oxygens (including phenoxy) is 1. The van der Waals surface area contributed by atoms with Crippen LogP contribution < -0.4 is 4.74 Å². The topological polar surface area (TPSA) is 29.5 Å². The maximum atomic E-state index is 13.9. The minimum Gasteiger partial charge on any atom is -0.496 e. The van der Waals surface area contributed by atoms with E-state index in [0.29, 0.717) is 18.7 Å². The Labute approximate surface area is 126 Å². The van der Waals surface area contributed by atoms with Crippen LogP contribution in [0.5, 0.6) is 5.75 Å². The van der Waals surface area contributed by atoms with Crippen molar-refractivity contribution in [1.29, 1.82) is 0 Å². The Morgan fingerprint density at radius 2 is 2.19 bits per heavy atom. The molecule has 1 saturated carbocycles. The molecule has 1 fully saturated rings. The Balaban J connectivity index is 1.94. The second-order valence-electron chi connectivity index (χ2n) is 5.68. The highest BCUT2D eigenvalue weighted by Crippen LogP contribution is 2.27. The fourth-order valence-electron chi connectivity index (χ4n) is 2.75. The quantitative estimate of drug-likeness (QED) is 0.687. The molecule has 2 rings (SSSR count). The number of carbonyl (C=O) groups excluding carboxylic acids is 1. The van der Waals surface area contributed by atoms with Gasteiger partial charge in [-0.2, -0.15) is 0 Å². The molecular weight excluding hydrogens is 269 g/mol. The molecule has 0 N–H and O–H groups in total. The number of benzene rings is 1. The van der Waals surface area contributed by atoms with Crippen molar-refractivity contribution in [2.75, 3.05) is 26.7 Å². The Morgan fingerprint density at radius 1 is 1.43 bits per heavy atom. The smallest absolute Gasteiger partial charge is 0.170 e. The molecule has 0 atom stereocenters. The third-order valence-electron chi connectivity index (χ3n) is 4.32. The molecule has 1 aromatic rings. The highest BCUT2D eigenvalue weighted by Gasteiger charge is 2.22. The van der Waals surface area contributed by atoms with Gasteiger partial charge in [-0.15, -0.1) is 0 Å². The Bertz CT molecular complexity index is 486. The van der Waals surface area contributed by atoms with Crippen molar-refractivity contribution in [3.8, 4) is 5.75 Å². The first-order valence-electron chi connectivity index (χ1n) is 7.73. The maximum Gasteiger partial charge on any atom is 0.170 e. The molecule has 0 aromatic heterocycles. The molecule has 0 heterocycles. The molecule has 0 bridgehead atoms. The van der Waals surface area contributed by atoms with Crippen molar-refractivity contribution < 1.29 is 13.9 Å². The molecule has 0 saturated heterocycles. The van der Waals surface area contributed by atoms with E-state index in [0.717, 1.165) is 19.0 Å². The molecule has 1 aromatic carbocycles. The Hall–Kier alpha value is -1.42. The monoisotopic (exact) mass is 293 g/mol. The van der Waals surface area contributed by atoms with Crippen LogP contribution >= 0.6 is 0 Å². The predicted molar refractivity (Wildman–Crippen MR) is 81.4 cm³/mol. The fraction of sp³-hybridized carbons (Fsp3) is 0.588. The fourth-order valence-corrected chi connectivity index (χ4v) is 2.75. The summed E-state index contributed by atoms with van der Waals surface area (Å²) in [5.74, 6) is 0.420. The van der Waals surface area contributed by atoms with Gasteiger partial charge in [-0.25, -0.2) is 4.39 Å². The molecule has 0 aliphatic heterocycles. The summed E-state index contributed by atoms with van der Waals surface area (Å²) in [6.07, 6.45) is 4.25. The van der Waals surface area contributed by atoms with Crippen LogP contribution in [0.25, 0.3) is 0 Å². The molecule has 0 unspecified atom stereocenters. The van der Waals surface area contributed by atoms with Crippen molar-refractivity contribution in [3.63, 3.8) is 0 Å². The lowest BCUT2D eigenvalue weighted by molar-refractivity contribution is 0.0947. The number of carbonyl (C=O) groups is 1. The third kappa shape index (κ3) is 4.03. The first-order valence-corrected chi connectivity index (χ1v) is 7.73. The lowest BCUT2D eigenvalue weighted by Gasteiger charge is -2.31. The summed E-state index contributed by atoms with van der Waals surface area (Å²) >= 11 is 0. The van der Waals surface area contributed by atoms with E-state index >= 15 is 0 Å². The Kier molecular flexibility index (Phi) is 5.74. The summed E-state index contributed by atoms with van der Waals surface area (Å²) in [5.41, 5.74) is 0.0831. The molecule has 0 amide bonds. The molecule has 116 valence electrons. The van der Waals surface area contributed by atoms with Gasteiger partial charge < -0.3 is 9.64 Å². The SMILES string of the molecule is CCN(CCC(=O)c1c(F)cccc1OC)CC1CCC1. The van der Waals surface area contributed by atoms with Gasteiger partial charge in [-0.05, 0) is 37.4 Å². The lowest BCUT2D eigenvalue weighted by atomic mass is 9.85. The van der Waals surface area contributed by atoms with Crippen molar-refractivity contribution in [2.45, 2.75) is 32.6 Å². The molecule has 4 heteroatoms. The summed E-state index contributed by atoms with van der Waals surface area (Å²) in [4.78, 5) is 14.6. The zero-order chi connectivity index (χ0) is 15.2. The van der Waals surface area contributed by atoms with Gasteiger partial charge in [0.1, 0.15) is 11.6 Å². The summed E-state index contributed by atoms with van der Waals surface area (Å²) in [6.45, 7) is 4.77. The summed E-state index contributed by atoms with van der Waals surface area (Å²) in [5, 5.41) is 0. The number of nitrogens with zero attached hydrogens (tertiary/aromatic N) is 1. The number of ketones is 1. The molecule has 21 heavy (non-hydrogen) atoms. The zero-order valence-electron chi connectivity index (χ0n) is 12.9. The number of hydrogen-bond acceptors (Lipinski definition) is 3. The van der Waals surface area contributed by atoms with Gasteiger partial charge in [-0.1, -0.05) is 19.4 Å². The van der Waals surface area contributed by atoms with Crippen LogP contribution in [-0.2, 0) is 0 Å². The lowest BCUT2D eigenvalue weighted by Crippen LogP contribution is -2.34. The van der Waals surface area contributed by atoms with Gasteiger partial charge in [0.15, 0.2) is 5.78 Å². The van der Waals surface area contributed by atoms with Gasteiger partial charge in [0.05, 0.1) is 12.7 Å². The summed E-state index contributed by atoms with van der Waals surface area (Å²) in [6, 6.07) is 4.49. The molecule has 0 radical (unpaired) electrons. The average molecular weight is 293 g/mol. The van der Waals surface area contributed by atoms with E-state index in [-0.39, 0.29) is 11.3 Å². The first-order chi connectivity index (χ1) is 10.2. The first kappa shape index (κ1) is 16.0. The summed E-state index contributed by atoms with van der Waals surface area (Å²) in [7, 11) is 1.46. The van der Waals surface area contributed by atoms with Gasteiger partial charge in [0.2, 0.25) is 0 Å². The predicted octanol–water partition coefficient (Wildman–Crippen LogP) is 3.53. The van der Waals surface area contributed by atoms with Crippen molar-refractivity contribution in [3.05, 3.63) is 29.6 Å². The van der Waals surface area contributed by atoms with Gasteiger partial charge in [0, 0.05) is 19.5 Å². The summed E-state index contributed by atoms with van der Waals surface area (Å²) < 4.78 is 19.0. The minimum atomic E-state index is -0.499. The molecular formula is C17H24FNO2. The van der Waals surface area contributed by atoms with Crippen LogP contribution in [0.1, 0.15) is 43.0 Å². The van der Waals surface area contributed by atoms with Crippen molar-refractivity contribution in [2.24, 2.45) is 5.92 Å². The number of hydrogen-bond donors (Lipinski definition) is 0. The highest BCUT2D eigenvalue weighted by atomic mass is 19.1. The second-order valence-corrected chi connectivity index (χ2v) is 5.68. The van der Waals surface area contributed by atoms with Crippen LogP contribution in [0.15, 0.2) is 18.2 Å². The second kappa shape index (κ2) is 7.55. The maximum absolute atomic E-state index is 13.9. The van der Waals surface area contributed by atoms with E-state index in [1.807, 2.05) is 0 Å². The molecule has 1 aliphatic carbocycles. The molecule has 0 spiro atoms. The van der Waals surface area contributed by atoms with Crippen molar-refractivity contribution >= 4 is 5.78 Å². The van der Waals surface area contributed by atoms with E-state index in [9.17, 15) is 9.18 Å². The van der Waals surface area contributed by atoms with Crippen LogP contribution in [0.2, 0.25) is 0 Å². The number of halogens is 1.